The summed E-state index contributed by atoms with van der Waals surface area (Å²) < 4.78 is 0. The van der Waals surface area contributed by atoms with Crippen LogP contribution in [-0.4, -0.2) is 66.9 Å². The van der Waals surface area contributed by atoms with Crippen molar-refractivity contribution in [1.29, 1.82) is 0 Å². The Hall–Kier alpha value is -1.51. The fourth-order valence-electron chi connectivity index (χ4n) is 4.19. The highest BCUT2D eigenvalue weighted by Crippen LogP contribution is 2.11. The van der Waals surface area contributed by atoms with E-state index in [2.05, 4.69) is 54.3 Å². The molecule has 5 N–H and O–H groups in total. The first-order valence-electron chi connectivity index (χ1n) is 14.5. The van der Waals surface area contributed by atoms with E-state index in [1.54, 1.807) is 0 Å². The summed E-state index contributed by atoms with van der Waals surface area (Å²) in [5.74, 6) is -0.114. The maximum absolute atomic E-state index is 13.0. The van der Waals surface area contributed by atoms with Gasteiger partial charge < -0.3 is 26.6 Å². The van der Waals surface area contributed by atoms with Crippen molar-refractivity contribution in [3.8, 4) is 0 Å². The van der Waals surface area contributed by atoms with Gasteiger partial charge in [0.15, 0.2) is 5.78 Å². The Morgan fingerprint density at radius 2 is 1.22 bits per heavy atom. The molecule has 3 unspecified atom stereocenters. The number of hydrogen-bond donors (Lipinski definition) is 5. The summed E-state index contributed by atoms with van der Waals surface area (Å²) in [6, 6.07) is -1.00. The minimum absolute atomic E-state index is 0.0193. The Labute approximate surface area is 227 Å². The van der Waals surface area contributed by atoms with Crippen LogP contribution in [0.15, 0.2) is 0 Å². The van der Waals surface area contributed by atoms with E-state index in [-0.39, 0.29) is 40.8 Å². The van der Waals surface area contributed by atoms with E-state index in [4.69, 9.17) is 0 Å². The molecule has 0 fully saturated rings. The van der Waals surface area contributed by atoms with Crippen molar-refractivity contribution in [2.24, 2.45) is 0 Å². The zero-order valence-electron chi connectivity index (χ0n) is 25.4. The predicted molar refractivity (Wildman–Crippen MR) is 155 cm³/mol. The van der Waals surface area contributed by atoms with Crippen LogP contribution in [0.25, 0.3) is 0 Å². The normalized spacial score (nSPS) is 14.6. The van der Waals surface area contributed by atoms with Gasteiger partial charge in [-0.2, -0.15) is 0 Å². The van der Waals surface area contributed by atoms with Crippen molar-refractivity contribution in [2.75, 3.05) is 20.1 Å². The summed E-state index contributed by atoms with van der Waals surface area (Å²) in [6.45, 7) is 17.8. The maximum atomic E-state index is 13.0. The lowest BCUT2D eigenvalue weighted by molar-refractivity contribution is -0.128. The molecule has 0 radical (unpaired) electrons. The molecule has 218 valence electrons. The van der Waals surface area contributed by atoms with Gasteiger partial charge in [0.05, 0.1) is 18.1 Å². The molecule has 0 aromatic rings. The SMILES string of the molecule is CCCCCC(NC(C)(C)C)C(=O)NC(CCCCNC(=O)C(CCCCNC(C)(C)C)NC)C(C)=O. The zero-order valence-corrected chi connectivity index (χ0v) is 25.4. The predicted octanol–water partition coefficient (Wildman–Crippen LogP) is 3.83. The number of hydrogen-bond acceptors (Lipinski definition) is 6. The average Bonchev–Trinajstić information content (AvgIpc) is 2.77. The average molecular weight is 526 g/mol. The van der Waals surface area contributed by atoms with E-state index < -0.39 is 6.04 Å². The van der Waals surface area contributed by atoms with Gasteiger partial charge in [0.1, 0.15) is 0 Å². The first-order valence-corrected chi connectivity index (χ1v) is 14.5. The van der Waals surface area contributed by atoms with Gasteiger partial charge in [-0.05, 0) is 101 Å². The minimum Gasteiger partial charge on any atom is -0.355 e. The van der Waals surface area contributed by atoms with Gasteiger partial charge in [0.25, 0.3) is 0 Å². The number of carbonyl (C=O) groups is 3. The molecule has 0 aromatic heterocycles. The summed E-state index contributed by atoms with van der Waals surface area (Å²) in [7, 11) is 1.82. The second kappa shape index (κ2) is 18.7. The quantitative estimate of drug-likeness (QED) is 0.155. The molecule has 8 heteroatoms. The molecule has 0 bridgehead atoms. The fourth-order valence-corrected chi connectivity index (χ4v) is 4.19. The standard InChI is InChI=1S/C29H59N5O3/c1-10-11-12-19-25(34-29(6,7)8)27(37)33-23(22(2)35)17-13-15-20-31-26(36)24(30-9)18-14-16-21-32-28(3,4)5/h23-25,30,32,34H,10-21H2,1-9H3,(H,31,36)(H,33,37). The number of amides is 2. The highest BCUT2D eigenvalue weighted by molar-refractivity contribution is 5.89. The lowest BCUT2D eigenvalue weighted by atomic mass is 10.0. The number of ketones is 1. The molecule has 8 nitrogen and oxygen atoms in total. The number of rotatable bonds is 20. The number of carbonyl (C=O) groups excluding carboxylic acids is 3. The summed E-state index contributed by atoms with van der Waals surface area (Å²) in [5, 5.41) is 16.0. The molecule has 0 aliphatic rings. The lowest BCUT2D eigenvalue weighted by Crippen LogP contribution is -2.54. The van der Waals surface area contributed by atoms with Crippen molar-refractivity contribution in [1.82, 2.24) is 26.6 Å². The van der Waals surface area contributed by atoms with Crippen molar-refractivity contribution in [3.63, 3.8) is 0 Å². The largest absolute Gasteiger partial charge is 0.355 e. The van der Waals surface area contributed by atoms with Crippen LogP contribution in [0.2, 0.25) is 0 Å². The van der Waals surface area contributed by atoms with E-state index in [0.717, 1.165) is 64.3 Å². The van der Waals surface area contributed by atoms with Crippen molar-refractivity contribution >= 4 is 17.6 Å². The van der Waals surface area contributed by atoms with E-state index in [0.29, 0.717) is 13.0 Å². The third kappa shape index (κ3) is 19.2. The van der Waals surface area contributed by atoms with Gasteiger partial charge in [-0.3, -0.25) is 14.4 Å². The highest BCUT2D eigenvalue weighted by atomic mass is 16.2. The molecule has 0 aliphatic heterocycles. The number of Topliss-reactive ketones (excluding diaryl/α,β-unsaturated/α-hetero) is 1. The van der Waals surface area contributed by atoms with Crippen LogP contribution in [0.5, 0.6) is 0 Å². The molecule has 2 amide bonds. The molecule has 0 aromatic carbocycles. The third-order valence-electron chi connectivity index (χ3n) is 6.29. The molecule has 3 atom stereocenters. The molecule has 0 spiro atoms. The van der Waals surface area contributed by atoms with E-state index in [1.165, 1.54) is 6.92 Å². The molecule has 0 aliphatic carbocycles. The van der Waals surface area contributed by atoms with Crippen LogP contribution in [0.1, 0.15) is 120 Å². The van der Waals surface area contributed by atoms with Gasteiger partial charge in [-0.15, -0.1) is 0 Å². The minimum atomic E-state index is -0.495. The van der Waals surface area contributed by atoms with E-state index in [1.807, 2.05) is 27.8 Å². The monoisotopic (exact) mass is 525 g/mol. The van der Waals surface area contributed by atoms with Crippen LogP contribution >= 0.6 is 0 Å². The lowest BCUT2D eigenvalue weighted by Gasteiger charge is -2.29. The van der Waals surface area contributed by atoms with Crippen LogP contribution in [-0.2, 0) is 14.4 Å². The van der Waals surface area contributed by atoms with Crippen molar-refractivity contribution in [2.45, 2.75) is 149 Å². The summed E-state index contributed by atoms with van der Waals surface area (Å²) in [4.78, 5) is 37.8. The van der Waals surface area contributed by atoms with Gasteiger partial charge in [0.2, 0.25) is 11.8 Å². The summed E-state index contributed by atoms with van der Waals surface area (Å²) >= 11 is 0. The van der Waals surface area contributed by atoms with E-state index in [9.17, 15) is 14.4 Å². The smallest absolute Gasteiger partial charge is 0.237 e. The maximum Gasteiger partial charge on any atom is 0.237 e. The Kier molecular flexibility index (Phi) is 17.9. The van der Waals surface area contributed by atoms with E-state index >= 15 is 0 Å². The topological polar surface area (TPSA) is 111 Å². The van der Waals surface area contributed by atoms with Gasteiger partial charge in [-0.25, -0.2) is 0 Å². The number of nitrogens with one attached hydrogen (secondary N) is 5. The van der Waals surface area contributed by atoms with Crippen molar-refractivity contribution in [3.05, 3.63) is 0 Å². The van der Waals surface area contributed by atoms with Gasteiger partial charge in [-0.1, -0.05) is 32.6 Å². The Morgan fingerprint density at radius 3 is 1.73 bits per heavy atom. The van der Waals surface area contributed by atoms with Crippen molar-refractivity contribution < 1.29 is 14.4 Å². The molecular formula is C29H59N5O3. The third-order valence-corrected chi connectivity index (χ3v) is 6.29. The van der Waals surface area contributed by atoms with Crippen LogP contribution < -0.4 is 26.6 Å². The Morgan fingerprint density at radius 1 is 0.676 bits per heavy atom. The van der Waals surface area contributed by atoms with Crippen LogP contribution in [0.4, 0.5) is 0 Å². The molecule has 0 saturated heterocycles. The summed E-state index contributed by atoms with van der Waals surface area (Å²) in [6.07, 6.45) is 8.81. The fraction of sp³-hybridized carbons (Fsp3) is 0.897. The van der Waals surface area contributed by atoms with Crippen LogP contribution in [0, 0.1) is 0 Å². The Bertz CT molecular complexity index is 655. The molecular weight excluding hydrogens is 466 g/mol. The zero-order chi connectivity index (χ0) is 28.5. The van der Waals surface area contributed by atoms with Gasteiger partial charge in [0, 0.05) is 17.6 Å². The first-order chi connectivity index (χ1) is 17.2. The molecule has 0 heterocycles. The second-order valence-corrected chi connectivity index (χ2v) is 12.4. The Balaban J connectivity index is 4.50. The van der Waals surface area contributed by atoms with Gasteiger partial charge >= 0.3 is 0 Å². The second-order valence-electron chi connectivity index (χ2n) is 12.4. The molecule has 0 rings (SSSR count). The summed E-state index contributed by atoms with van der Waals surface area (Å²) in [5.41, 5.74) is -0.0731. The highest BCUT2D eigenvalue weighted by Gasteiger charge is 2.26. The first kappa shape index (κ1) is 35.5. The van der Waals surface area contributed by atoms with Crippen LogP contribution in [0.3, 0.4) is 0 Å². The molecule has 0 saturated carbocycles. The molecule has 37 heavy (non-hydrogen) atoms. The number of unbranched alkanes of at least 4 members (excludes halogenated alkanes) is 4. The number of likely N-dealkylation sites (N-methyl/N-ethyl adjacent to an activating group) is 1.